The molecule has 0 atom stereocenters. The molecule has 0 saturated heterocycles. The first-order valence-corrected chi connectivity index (χ1v) is 9.58. The smallest absolute Gasteiger partial charge is 0.278 e. The quantitative estimate of drug-likeness (QED) is 0.333. The van der Waals surface area contributed by atoms with Crippen LogP contribution < -0.4 is 21.2 Å². The third-order valence-corrected chi connectivity index (χ3v) is 5.00. The molecular weight excluding hydrogens is 398 g/mol. The first-order valence-electron chi connectivity index (χ1n) is 9.58. The van der Waals surface area contributed by atoms with E-state index in [0.717, 1.165) is 0 Å². The fourth-order valence-electron chi connectivity index (χ4n) is 3.48. The van der Waals surface area contributed by atoms with E-state index in [9.17, 15) is 9.59 Å². The van der Waals surface area contributed by atoms with E-state index in [0.29, 0.717) is 22.8 Å². The normalized spacial score (nSPS) is 11.2. The number of pyridine rings is 2. The summed E-state index contributed by atoms with van der Waals surface area (Å²) < 4.78 is 13.8. The van der Waals surface area contributed by atoms with Crippen molar-refractivity contribution in [3.05, 3.63) is 94.7 Å². The second-order valence-electron chi connectivity index (χ2n) is 6.95. The minimum atomic E-state index is -0.429. The van der Waals surface area contributed by atoms with Crippen molar-refractivity contribution in [2.45, 2.75) is 13.1 Å². The van der Waals surface area contributed by atoms with E-state index >= 15 is 0 Å². The van der Waals surface area contributed by atoms with Crippen LogP contribution in [0.25, 0.3) is 16.7 Å². The lowest BCUT2D eigenvalue weighted by Gasteiger charge is -2.11. The molecule has 5 heterocycles. The molecule has 0 spiro atoms. The Morgan fingerprint density at radius 3 is 2.61 bits per heavy atom. The molecule has 5 rings (SSSR count). The van der Waals surface area contributed by atoms with Gasteiger partial charge in [-0.05, 0) is 42.5 Å². The van der Waals surface area contributed by atoms with Gasteiger partial charge < -0.3 is 19.9 Å². The molecule has 9 heteroatoms. The van der Waals surface area contributed by atoms with Gasteiger partial charge in [0, 0.05) is 6.20 Å². The summed E-state index contributed by atoms with van der Waals surface area (Å²) in [5, 5.41) is 3.04. The highest BCUT2D eigenvalue weighted by Gasteiger charge is 2.25. The van der Waals surface area contributed by atoms with Gasteiger partial charge >= 0.3 is 0 Å². The number of hydrogen-bond acceptors (Lipinski definition) is 6. The van der Waals surface area contributed by atoms with Gasteiger partial charge in [0.2, 0.25) is 11.5 Å². The van der Waals surface area contributed by atoms with Crippen LogP contribution in [-0.4, -0.2) is 15.3 Å². The van der Waals surface area contributed by atoms with Gasteiger partial charge in [-0.25, -0.2) is 4.57 Å². The number of nitrogens with two attached hydrogens (primary N) is 1. The molecule has 0 aromatic carbocycles. The van der Waals surface area contributed by atoms with Crippen LogP contribution in [0.5, 0.6) is 0 Å². The van der Waals surface area contributed by atoms with Crippen LogP contribution in [0.4, 0.5) is 5.82 Å². The Morgan fingerprint density at radius 2 is 1.87 bits per heavy atom. The lowest BCUT2D eigenvalue weighted by Crippen LogP contribution is -2.43. The minimum absolute atomic E-state index is 0.167. The molecule has 31 heavy (non-hydrogen) atoms. The van der Waals surface area contributed by atoms with Gasteiger partial charge in [-0.15, -0.1) is 0 Å². The largest absolute Gasteiger partial charge is 0.467 e. The summed E-state index contributed by atoms with van der Waals surface area (Å²) in [5.74, 6) is 0.958. The van der Waals surface area contributed by atoms with Gasteiger partial charge in [0.1, 0.15) is 29.0 Å². The molecule has 0 saturated carbocycles. The Kier molecular flexibility index (Phi) is 4.47. The van der Waals surface area contributed by atoms with Gasteiger partial charge in [0.05, 0.1) is 19.1 Å². The molecule has 0 radical (unpaired) electrons. The van der Waals surface area contributed by atoms with E-state index in [1.54, 1.807) is 59.5 Å². The van der Waals surface area contributed by atoms with Crippen molar-refractivity contribution in [1.82, 2.24) is 14.7 Å². The molecule has 0 aliphatic rings. The number of nitrogens with zero attached hydrogens (tertiary/aromatic N) is 3. The van der Waals surface area contributed by atoms with Gasteiger partial charge in [-0.3, -0.25) is 14.0 Å². The topological polar surface area (TPSA) is 120 Å². The van der Waals surface area contributed by atoms with Crippen molar-refractivity contribution in [2.75, 3.05) is 5.73 Å². The molecule has 3 N–H and O–H groups in total. The Labute approximate surface area is 175 Å². The zero-order valence-electron chi connectivity index (χ0n) is 16.3. The van der Waals surface area contributed by atoms with Crippen molar-refractivity contribution < 1.29 is 18.2 Å². The number of nitrogen functional groups attached to an aromatic ring is 1. The Bertz CT molecular complexity index is 1450. The number of anilines is 1. The predicted octanol–water partition coefficient (Wildman–Crippen LogP) is 1.88. The maximum absolute atomic E-state index is 13.2. The first-order chi connectivity index (χ1) is 15.1. The highest BCUT2D eigenvalue weighted by atomic mass is 16.3. The van der Waals surface area contributed by atoms with Gasteiger partial charge in [-0.1, -0.05) is 11.1 Å². The molecule has 0 unspecified atom stereocenters. The average Bonchev–Trinajstić information content (AvgIpc) is 3.48. The zero-order valence-corrected chi connectivity index (χ0v) is 16.3. The maximum Gasteiger partial charge on any atom is 0.278 e. The molecule has 1 amide bonds. The SMILES string of the molecule is Nc1c(C(=O)NCc2ccco2)cc2c(=O)n3ccccc3nc2[n+]1Cc1ccco1. The van der Waals surface area contributed by atoms with E-state index in [1.807, 2.05) is 0 Å². The van der Waals surface area contributed by atoms with Crippen molar-refractivity contribution in [3.63, 3.8) is 0 Å². The van der Waals surface area contributed by atoms with Crippen LogP contribution in [0, 0.1) is 0 Å². The molecule has 0 bridgehead atoms. The van der Waals surface area contributed by atoms with Crippen LogP contribution in [0.15, 0.2) is 80.9 Å². The first kappa shape index (κ1) is 18.6. The second kappa shape index (κ2) is 7.45. The summed E-state index contributed by atoms with van der Waals surface area (Å²) in [4.78, 5) is 30.7. The second-order valence-corrected chi connectivity index (χ2v) is 6.95. The van der Waals surface area contributed by atoms with Gasteiger partial charge in [0.25, 0.3) is 17.1 Å². The molecule has 0 fully saturated rings. The number of fused-ring (bicyclic) bond motifs is 2. The lowest BCUT2D eigenvalue weighted by atomic mass is 10.1. The predicted molar refractivity (Wildman–Crippen MR) is 111 cm³/mol. The van der Waals surface area contributed by atoms with Crippen LogP contribution >= 0.6 is 0 Å². The van der Waals surface area contributed by atoms with Crippen molar-refractivity contribution >= 4 is 28.4 Å². The highest BCUT2D eigenvalue weighted by molar-refractivity contribution is 6.00. The average molecular weight is 416 g/mol. The zero-order chi connectivity index (χ0) is 21.4. The van der Waals surface area contributed by atoms with E-state index in [4.69, 9.17) is 14.6 Å². The molecule has 5 aromatic rings. The maximum atomic E-state index is 13.2. The number of hydrogen-bond donors (Lipinski definition) is 2. The van der Waals surface area contributed by atoms with Crippen LogP contribution in [0.3, 0.4) is 0 Å². The molecule has 9 nitrogen and oxygen atoms in total. The van der Waals surface area contributed by atoms with Gasteiger partial charge in [-0.2, -0.15) is 0 Å². The lowest BCUT2D eigenvalue weighted by molar-refractivity contribution is -0.651. The third kappa shape index (κ3) is 3.31. The fraction of sp³-hybridized carbons (Fsp3) is 0.0909. The number of carbonyl (C=O) groups is 1. The summed E-state index contributed by atoms with van der Waals surface area (Å²) in [5.41, 5.74) is 7.11. The summed E-state index contributed by atoms with van der Waals surface area (Å²) >= 11 is 0. The van der Waals surface area contributed by atoms with Crippen LogP contribution in [-0.2, 0) is 13.1 Å². The fourth-order valence-corrected chi connectivity index (χ4v) is 3.48. The van der Waals surface area contributed by atoms with E-state index in [2.05, 4.69) is 10.3 Å². The highest BCUT2D eigenvalue weighted by Crippen LogP contribution is 2.16. The Balaban J connectivity index is 1.69. The number of furan rings is 2. The Morgan fingerprint density at radius 1 is 1.10 bits per heavy atom. The van der Waals surface area contributed by atoms with Gasteiger partial charge in [0.15, 0.2) is 0 Å². The van der Waals surface area contributed by atoms with Crippen LogP contribution in [0.2, 0.25) is 0 Å². The minimum Gasteiger partial charge on any atom is -0.467 e. The van der Waals surface area contributed by atoms with Crippen molar-refractivity contribution in [1.29, 1.82) is 0 Å². The monoisotopic (exact) mass is 416 g/mol. The summed E-state index contributed by atoms with van der Waals surface area (Å²) in [6.07, 6.45) is 4.71. The summed E-state index contributed by atoms with van der Waals surface area (Å²) in [6.45, 7) is 0.403. The summed E-state index contributed by atoms with van der Waals surface area (Å²) in [7, 11) is 0. The summed E-state index contributed by atoms with van der Waals surface area (Å²) in [6, 6.07) is 13.8. The Hall–Kier alpha value is -4.40. The molecular formula is C22H18N5O4+. The molecule has 0 aliphatic heterocycles. The standard InChI is InChI=1S/C22H17N5O4/c23-19-16(21(28)24-12-14-5-3-9-30-14)11-17-20(27(19)13-15-6-4-10-31-15)25-18-7-1-2-8-26(18)22(17)29/h1-11,23H,12-13H2,(H,24,28)/p+1. The van der Waals surface area contributed by atoms with Crippen LogP contribution in [0.1, 0.15) is 21.9 Å². The van der Waals surface area contributed by atoms with Crippen molar-refractivity contribution in [2.24, 2.45) is 0 Å². The number of amides is 1. The number of carbonyl (C=O) groups excluding carboxylic acids is 1. The molecule has 5 aromatic heterocycles. The molecule has 0 aliphatic carbocycles. The van der Waals surface area contributed by atoms with E-state index in [-0.39, 0.29) is 35.4 Å². The van der Waals surface area contributed by atoms with E-state index in [1.165, 1.54) is 16.7 Å². The van der Waals surface area contributed by atoms with Crippen molar-refractivity contribution in [3.8, 4) is 0 Å². The van der Waals surface area contributed by atoms with E-state index < -0.39 is 5.91 Å². The number of aromatic nitrogens is 3. The molecule has 154 valence electrons. The number of rotatable bonds is 5. The third-order valence-electron chi connectivity index (χ3n) is 5.00. The number of nitrogens with one attached hydrogen (secondary N) is 1.